The molecule has 2 heterocycles. The number of carbonyl (C=O) groups excluding carboxylic acids is 1. The highest BCUT2D eigenvalue weighted by molar-refractivity contribution is 5.83. The van der Waals surface area contributed by atoms with Gasteiger partial charge in [-0.05, 0) is 36.1 Å². The lowest BCUT2D eigenvalue weighted by molar-refractivity contribution is -0.126. The van der Waals surface area contributed by atoms with Gasteiger partial charge in [-0.1, -0.05) is 36.4 Å². The highest BCUT2D eigenvalue weighted by Gasteiger charge is 2.37. The summed E-state index contributed by atoms with van der Waals surface area (Å²) in [5.74, 6) is -2.83. The van der Waals surface area contributed by atoms with E-state index in [2.05, 4.69) is 22.0 Å². The lowest BCUT2D eigenvalue weighted by atomic mass is 9.82. The summed E-state index contributed by atoms with van der Waals surface area (Å²) in [6, 6.07) is 14.9. The fourth-order valence-corrected chi connectivity index (χ4v) is 5.36. The molecule has 1 unspecified atom stereocenters. The van der Waals surface area contributed by atoms with Crippen LogP contribution in [0.5, 0.6) is 0 Å². The van der Waals surface area contributed by atoms with Crippen molar-refractivity contribution in [1.29, 1.82) is 0 Å². The van der Waals surface area contributed by atoms with E-state index >= 15 is 4.39 Å². The van der Waals surface area contributed by atoms with Crippen LogP contribution in [0.2, 0.25) is 0 Å². The average Bonchev–Trinajstić information content (AvgIpc) is 3.40. The number of anilines is 1. The molecule has 0 spiro atoms. The van der Waals surface area contributed by atoms with E-state index in [0.29, 0.717) is 43.3 Å². The molecule has 5 nitrogen and oxygen atoms in total. The number of carbonyl (C=O) groups is 1. The Morgan fingerprint density at radius 3 is 2.42 bits per heavy atom. The van der Waals surface area contributed by atoms with E-state index in [1.165, 1.54) is 6.07 Å². The van der Waals surface area contributed by atoms with Crippen molar-refractivity contribution in [2.24, 2.45) is 5.92 Å². The molecule has 36 heavy (non-hydrogen) atoms. The number of halogens is 3. The van der Waals surface area contributed by atoms with Crippen LogP contribution in [-0.4, -0.2) is 47.8 Å². The summed E-state index contributed by atoms with van der Waals surface area (Å²) in [6.45, 7) is 2.67. The largest absolute Gasteiger partial charge is 0.447 e. The fourth-order valence-electron chi connectivity index (χ4n) is 5.36. The molecule has 5 rings (SSSR count). The molecule has 2 aliphatic rings. The summed E-state index contributed by atoms with van der Waals surface area (Å²) < 4.78 is 47.5. The number of ketones is 1. The number of aromatic nitrogens is 1. The van der Waals surface area contributed by atoms with E-state index in [1.54, 1.807) is 24.6 Å². The van der Waals surface area contributed by atoms with Gasteiger partial charge in [0, 0.05) is 51.4 Å². The molecule has 8 heteroatoms. The third-order valence-electron chi connectivity index (χ3n) is 7.38. The highest BCUT2D eigenvalue weighted by atomic mass is 19.3. The minimum absolute atomic E-state index is 0.0789. The van der Waals surface area contributed by atoms with Crippen molar-refractivity contribution < 1.29 is 22.4 Å². The number of Topliss-reactive ketones (excluding diaryl/α,β-unsaturated/α-hetero) is 1. The molecule has 1 saturated heterocycles. The van der Waals surface area contributed by atoms with Crippen molar-refractivity contribution in [2.45, 2.75) is 44.1 Å². The minimum atomic E-state index is -2.66. The molecule has 1 aliphatic heterocycles. The normalized spacial score (nSPS) is 19.8. The van der Waals surface area contributed by atoms with Crippen LogP contribution in [0, 0.1) is 11.7 Å². The third-order valence-corrected chi connectivity index (χ3v) is 7.38. The third kappa shape index (κ3) is 5.48. The maximum atomic E-state index is 15.1. The van der Waals surface area contributed by atoms with Crippen LogP contribution >= 0.6 is 0 Å². The molecular weight excluding hydrogens is 467 g/mol. The molecule has 0 N–H and O–H groups in total. The molecule has 0 radical (unpaired) electrons. The molecule has 1 aliphatic carbocycles. The van der Waals surface area contributed by atoms with Crippen LogP contribution in [-0.2, 0) is 11.2 Å². The van der Waals surface area contributed by atoms with Crippen LogP contribution in [0.3, 0.4) is 0 Å². The lowest BCUT2D eigenvalue weighted by Crippen LogP contribution is -2.48. The zero-order valence-electron chi connectivity index (χ0n) is 20.1. The summed E-state index contributed by atoms with van der Waals surface area (Å²) in [5, 5.41) is 0. The van der Waals surface area contributed by atoms with Crippen molar-refractivity contribution in [3.8, 4) is 0 Å². The number of alkyl halides is 2. The Labute approximate surface area is 208 Å². The summed E-state index contributed by atoms with van der Waals surface area (Å²) >= 11 is 0. The lowest BCUT2D eigenvalue weighted by Gasteiger charge is -2.39. The highest BCUT2D eigenvalue weighted by Crippen LogP contribution is 2.37. The second-order valence-corrected chi connectivity index (χ2v) is 9.77. The molecule has 1 atom stereocenters. The Hall–Kier alpha value is -3.13. The predicted molar refractivity (Wildman–Crippen MR) is 131 cm³/mol. The fraction of sp³-hybridized carbons (Fsp3) is 0.429. The maximum Gasteiger partial charge on any atom is 0.248 e. The maximum absolute atomic E-state index is 15.1. The molecule has 2 aromatic carbocycles. The molecular formula is C28H30F3N3O2. The molecule has 1 aromatic heterocycles. The first-order chi connectivity index (χ1) is 17.4. The molecule has 1 saturated carbocycles. The number of benzene rings is 2. The molecule has 2 fully saturated rings. The minimum Gasteiger partial charge on any atom is -0.447 e. The van der Waals surface area contributed by atoms with Gasteiger partial charge in [-0.2, -0.15) is 0 Å². The van der Waals surface area contributed by atoms with Crippen molar-refractivity contribution in [3.63, 3.8) is 0 Å². The van der Waals surface area contributed by atoms with Crippen molar-refractivity contribution in [2.75, 3.05) is 31.1 Å². The van der Waals surface area contributed by atoms with Gasteiger partial charge in [0.15, 0.2) is 0 Å². The smallest absolute Gasteiger partial charge is 0.248 e. The Balaban J connectivity index is 1.21. The van der Waals surface area contributed by atoms with Gasteiger partial charge in [0.2, 0.25) is 11.8 Å². The number of nitrogens with zero attached hydrogens (tertiary/aromatic N) is 3. The average molecular weight is 498 g/mol. The summed E-state index contributed by atoms with van der Waals surface area (Å²) in [5.41, 5.74) is 2.19. The number of piperazine rings is 1. The van der Waals surface area contributed by atoms with Crippen molar-refractivity contribution in [3.05, 3.63) is 83.8 Å². The van der Waals surface area contributed by atoms with E-state index in [1.807, 2.05) is 23.1 Å². The molecule has 0 bridgehead atoms. The molecule has 0 amide bonds. The summed E-state index contributed by atoms with van der Waals surface area (Å²) in [7, 11) is 0. The van der Waals surface area contributed by atoms with Gasteiger partial charge in [0.25, 0.3) is 0 Å². The Bertz CT molecular complexity index is 1150. The first kappa shape index (κ1) is 24.6. The second-order valence-electron chi connectivity index (χ2n) is 9.77. The zero-order chi connectivity index (χ0) is 25.1. The Kier molecular flexibility index (Phi) is 7.14. The van der Waals surface area contributed by atoms with E-state index in [0.717, 1.165) is 5.56 Å². The number of hydrogen-bond acceptors (Lipinski definition) is 5. The van der Waals surface area contributed by atoms with E-state index < -0.39 is 5.92 Å². The topological polar surface area (TPSA) is 49.6 Å². The first-order valence-electron chi connectivity index (χ1n) is 12.5. The SMILES string of the molecule is O=C(Cc1ccc(N2CCN(C(c3ccccc3)c3ncco3)CC2)c(F)c1)C1CCC(F)(F)CC1. The van der Waals surface area contributed by atoms with Gasteiger partial charge in [0.05, 0.1) is 11.9 Å². The van der Waals surface area contributed by atoms with Gasteiger partial charge in [-0.3, -0.25) is 9.69 Å². The summed E-state index contributed by atoms with van der Waals surface area (Å²) in [4.78, 5) is 21.3. The van der Waals surface area contributed by atoms with E-state index in [4.69, 9.17) is 4.42 Å². The number of rotatable bonds is 7. The predicted octanol–water partition coefficient (Wildman–Crippen LogP) is 5.66. The van der Waals surface area contributed by atoms with Gasteiger partial charge in [-0.15, -0.1) is 0 Å². The standard InChI is InChI=1S/C28H30F3N3O2/c29-23-18-20(19-25(35)21-8-10-28(30,31)11-9-21)6-7-24(23)33-13-15-34(16-14-33)26(27-32-12-17-36-27)22-4-2-1-3-5-22/h1-7,12,17-18,21,26H,8-11,13-16,19H2. The van der Waals surface area contributed by atoms with Crippen molar-refractivity contribution in [1.82, 2.24) is 9.88 Å². The first-order valence-corrected chi connectivity index (χ1v) is 12.5. The van der Waals surface area contributed by atoms with Gasteiger partial charge >= 0.3 is 0 Å². The van der Waals surface area contributed by atoms with Crippen LogP contribution in [0.25, 0.3) is 0 Å². The van der Waals surface area contributed by atoms with Gasteiger partial charge < -0.3 is 9.32 Å². The summed E-state index contributed by atoms with van der Waals surface area (Å²) in [6.07, 6.45) is 3.21. The monoisotopic (exact) mass is 497 g/mol. The molecule has 190 valence electrons. The number of oxazole rings is 1. The van der Waals surface area contributed by atoms with Gasteiger partial charge in [0.1, 0.15) is 23.9 Å². The van der Waals surface area contributed by atoms with Gasteiger partial charge in [-0.25, -0.2) is 18.2 Å². The quantitative estimate of drug-likeness (QED) is 0.422. The van der Waals surface area contributed by atoms with Crippen LogP contribution < -0.4 is 4.90 Å². The van der Waals surface area contributed by atoms with Crippen LogP contribution in [0.15, 0.2) is 65.4 Å². The van der Waals surface area contributed by atoms with Crippen LogP contribution in [0.4, 0.5) is 18.9 Å². The molecule has 3 aromatic rings. The Morgan fingerprint density at radius 1 is 1.06 bits per heavy atom. The zero-order valence-corrected chi connectivity index (χ0v) is 20.1. The Morgan fingerprint density at radius 2 is 1.78 bits per heavy atom. The van der Waals surface area contributed by atoms with E-state index in [9.17, 15) is 13.6 Å². The van der Waals surface area contributed by atoms with E-state index in [-0.39, 0.29) is 55.7 Å². The second kappa shape index (κ2) is 10.5. The number of hydrogen-bond donors (Lipinski definition) is 0. The van der Waals surface area contributed by atoms with Crippen LogP contribution in [0.1, 0.15) is 48.7 Å². The van der Waals surface area contributed by atoms with Crippen molar-refractivity contribution >= 4 is 11.5 Å².